The summed E-state index contributed by atoms with van der Waals surface area (Å²) in [6, 6.07) is 6.55. The third-order valence-electron chi connectivity index (χ3n) is 1.34. The zero-order valence-corrected chi connectivity index (χ0v) is 6.75. The number of hydrogen-bond acceptors (Lipinski definition) is 2. The molecule has 12 heavy (non-hydrogen) atoms. The van der Waals surface area contributed by atoms with E-state index in [1.807, 2.05) is 0 Å². The Morgan fingerprint density at radius 2 is 1.67 bits per heavy atom. The second-order valence-corrected chi connectivity index (χ2v) is 3.08. The van der Waals surface area contributed by atoms with Gasteiger partial charge in [-0.1, -0.05) is 24.8 Å². The molecule has 1 aromatic carbocycles. The number of rotatable bonds is 2. The van der Waals surface area contributed by atoms with Gasteiger partial charge in [0, 0.05) is 0 Å². The van der Waals surface area contributed by atoms with E-state index in [1.54, 1.807) is 30.3 Å². The Bertz CT molecular complexity index is 319. The third kappa shape index (κ3) is 2.86. The van der Waals surface area contributed by atoms with E-state index in [0.717, 1.165) is 5.56 Å². The molecule has 0 aromatic heterocycles. The van der Waals surface area contributed by atoms with E-state index in [-0.39, 0.29) is 18.9 Å². The zero-order valence-electron chi connectivity index (χ0n) is 5.86. The fraction of sp³-hybridized carbons (Fsp3) is 0. The van der Waals surface area contributed by atoms with Gasteiger partial charge >= 0.3 is 18.9 Å². The van der Waals surface area contributed by atoms with Crippen LogP contribution >= 0.6 is 0 Å². The first-order valence-corrected chi connectivity index (χ1v) is 4.28. The van der Waals surface area contributed by atoms with Gasteiger partial charge in [-0.3, -0.25) is 0 Å². The van der Waals surface area contributed by atoms with Crippen molar-refractivity contribution in [1.82, 2.24) is 0 Å². The molecule has 0 bridgehead atoms. The van der Waals surface area contributed by atoms with Gasteiger partial charge in [-0.05, 0) is 17.7 Å². The molecule has 0 N–H and O–H groups in total. The van der Waals surface area contributed by atoms with Gasteiger partial charge in [0.1, 0.15) is 0 Å². The average Bonchev–Trinajstić information content (AvgIpc) is 2.05. The van der Waals surface area contributed by atoms with Crippen molar-refractivity contribution in [3.05, 3.63) is 36.4 Å². The van der Waals surface area contributed by atoms with Gasteiger partial charge in [-0.2, -0.15) is 0 Å². The fourth-order valence-corrected chi connectivity index (χ4v) is 1.12. The van der Waals surface area contributed by atoms with Gasteiger partial charge in [-0.25, -0.2) is 8.42 Å². The summed E-state index contributed by atoms with van der Waals surface area (Å²) in [5.74, 6) is 0. The Morgan fingerprint density at radius 3 is 2.00 bits per heavy atom. The molecule has 0 fully saturated rings. The summed E-state index contributed by atoms with van der Waals surface area (Å²) in [5, 5.41) is 0. The second-order valence-electron chi connectivity index (χ2n) is 2.05. The second kappa shape index (κ2) is 5.21. The molecule has 0 saturated heterocycles. The predicted molar refractivity (Wildman–Crippen MR) is 52.3 cm³/mol. The molecule has 60 valence electrons. The predicted octanol–water partition coefficient (Wildman–Crippen LogP) is 0.651. The first-order valence-electron chi connectivity index (χ1n) is 3.11. The molecule has 0 aliphatic rings. The van der Waals surface area contributed by atoms with Crippen molar-refractivity contribution >= 4 is 35.6 Å². The molecule has 1 aromatic rings. The van der Waals surface area contributed by atoms with Crippen LogP contribution < -0.4 is 0 Å². The molecule has 0 amide bonds. The topological polar surface area (TPSA) is 34.1 Å². The van der Waals surface area contributed by atoms with E-state index < -0.39 is 10.7 Å². The van der Waals surface area contributed by atoms with E-state index in [2.05, 4.69) is 6.58 Å². The van der Waals surface area contributed by atoms with Crippen molar-refractivity contribution < 1.29 is 8.42 Å². The molecule has 4 heteroatoms. The molecular formula is C8H9LiO2S. The molecule has 0 aliphatic heterocycles. The maximum absolute atomic E-state index is 10.4. The minimum absolute atomic E-state index is 0. The molecule has 1 rings (SSSR count). The van der Waals surface area contributed by atoms with Crippen LogP contribution in [-0.4, -0.2) is 27.3 Å². The quantitative estimate of drug-likeness (QED) is 0.530. The molecule has 0 heterocycles. The van der Waals surface area contributed by atoms with Gasteiger partial charge in [0.15, 0.2) is 10.7 Å². The molecular weight excluding hydrogens is 167 g/mol. The number of thiol groups is 1. The van der Waals surface area contributed by atoms with Crippen LogP contribution in [0.25, 0.3) is 6.08 Å². The van der Waals surface area contributed by atoms with E-state index in [4.69, 9.17) is 0 Å². The summed E-state index contributed by atoms with van der Waals surface area (Å²) < 4.78 is 20.8. The molecule has 0 saturated carbocycles. The van der Waals surface area contributed by atoms with Crippen LogP contribution in [0.4, 0.5) is 0 Å². The fourth-order valence-electron chi connectivity index (χ4n) is 0.732. The van der Waals surface area contributed by atoms with E-state index in [0.29, 0.717) is 4.90 Å². The first-order chi connectivity index (χ1) is 5.24. The molecule has 2 nitrogen and oxygen atoms in total. The van der Waals surface area contributed by atoms with Crippen molar-refractivity contribution in [2.24, 2.45) is 0 Å². The summed E-state index contributed by atoms with van der Waals surface area (Å²) in [6.45, 7) is 3.55. The van der Waals surface area contributed by atoms with Crippen molar-refractivity contribution in [2.45, 2.75) is 4.90 Å². The zero-order chi connectivity index (χ0) is 8.27. The maximum atomic E-state index is 10.4. The number of benzene rings is 1. The summed E-state index contributed by atoms with van der Waals surface area (Å²) in [5.41, 5.74) is 0.922. The Morgan fingerprint density at radius 1 is 1.17 bits per heavy atom. The van der Waals surface area contributed by atoms with Gasteiger partial charge in [0.05, 0.1) is 4.90 Å². The summed E-state index contributed by atoms with van der Waals surface area (Å²) >= 11 is 0. The van der Waals surface area contributed by atoms with E-state index in [1.165, 1.54) is 0 Å². The van der Waals surface area contributed by atoms with Gasteiger partial charge in [0.25, 0.3) is 0 Å². The molecule has 0 spiro atoms. The Balaban J connectivity index is 0.00000121. The molecule has 0 atom stereocenters. The van der Waals surface area contributed by atoms with Crippen molar-refractivity contribution in [3.8, 4) is 0 Å². The Labute approximate surface area is 85.4 Å². The van der Waals surface area contributed by atoms with Crippen LogP contribution in [0.2, 0.25) is 0 Å². The third-order valence-corrected chi connectivity index (χ3v) is 2.06. The van der Waals surface area contributed by atoms with Crippen LogP contribution in [0.3, 0.4) is 0 Å². The van der Waals surface area contributed by atoms with E-state index in [9.17, 15) is 8.42 Å². The number of hydrogen-bond donors (Lipinski definition) is 1. The van der Waals surface area contributed by atoms with Crippen LogP contribution in [-0.2, 0) is 10.7 Å². The summed E-state index contributed by atoms with van der Waals surface area (Å²) in [4.78, 5) is 0.339. The molecule has 0 aliphatic carbocycles. The van der Waals surface area contributed by atoms with E-state index >= 15 is 0 Å². The average molecular weight is 176 g/mol. The Kier molecular flexibility index (Phi) is 4.99. The molecule has 0 radical (unpaired) electrons. The Hall–Kier alpha value is -0.493. The standard InChI is InChI=1S/C8H8O2S.Li.H/c1-2-7-3-5-8(6-4-7)11(9)10;;/h2-6,11H,1H2;;. The minimum atomic E-state index is -2.45. The first kappa shape index (κ1) is 11.5. The van der Waals surface area contributed by atoms with Crippen LogP contribution in [0.1, 0.15) is 5.56 Å². The van der Waals surface area contributed by atoms with Gasteiger partial charge < -0.3 is 0 Å². The van der Waals surface area contributed by atoms with Crippen molar-refractivity contribution in [3.63, 3.8) is 0 Å². The van der Waals surface area contributed by atoms with Crippen molar-refractivity contribution in [2.75, 3.05) is 0 Å². The molecule has 0 unspecified atom stereocenters. The monoisotopic (exact) mass is 176 g/mol. The van der Waals surface area contributed by atoms with Crippen LogP contribution in [0.15, 0.2) is 35.7 Å². The van der Waals surface area contributed by atoms with Crippen LogP contribution in [0, 0.1) is 0 Å². The normalized spacial score (nSPS) is 9.08. The van der Waals surface area contributed by atoms with Crippen LogP contribution in [0.5, 0.6) is 0 Å². The van der Waals surface area contributed by atoms with Gasteiger partial charge in [-0.15, -0.1) is 0 Å². The SMILES string of the molecule is C=Cc1ccc([SH](=O)=O)cc1.[LiH]. The summed E-state index contributed by atoms with van der Waals surface area (Å²) in [6.07, 6.45) is 1.67. The van der Waals surface area contributed by atoms with Crippen molar-refractivity contribution in [1.29, 1.82) is 0 Å². The van der Waals surface area contributed by atoms with Gasteiger partial charge in [0.2, 0.25) is 0 Å². The summed E-state index contributed by atoms with van der Waals surface area (Å²) in [7, 11) is -2.45.